The smallest absolute Gasteiger partial charge is 0.211 e. The van der Waals surface area contributed by atoms with Gasteiger partial charge in [-0.2, -0.15) is 4.31 Å². The maximum atomic E-state index is 12.1. The van der Waals surface area contributed by atoms with E-state index in [-0.39, 0.29) is 12.1 Å². The molecule has 0 amide bonds. The highest BCUT2D eigenvalue weighted by Crippen LogP contribution is 2.27. The Kier molecular flexibility index (Phi) is 4.83. The topological polar surface area (TPSA) is 49.4 Å². The summed E-state index contributed by atoms with van der Waals surface area (Å²) in [7, 11) is -3.20. The molecule has 0 radical (unpaired) electrons. The Morgan fingerprint density at radius 2 is 1.95 bits per heavy atom. The summed E-state index contributed by atoms with van der Waals surface area (Å²) in [4.78, 5) is 0. The number of sulfonamides is 1. The van der Waals surface area contributed by atoms with Gasteiger partial charge in [-0.1, -0.05) is 44.2 Å². The molecule has 1 aliphatic heterocycles. The molecule has 1 aromatic carbocycles. The molecule has 1 N–H and O–H groups in total. The van der Waals surface area contributed by atoms with Crippen molar-refractivity contribution in [3.05, 3.63) is 35.9 Å². The maximum Gasteiger partial charge on any atom is 0.211 e. The Morgan fingerprint density at radius 1 is 1.30 bits per heavy atom. The lowest BCUT2D eigenvalue weighted by Crippen LogP contribution is -2.54. The first-order chi connectivity index (χ1) is 9.38. The van der Waals surface area contributed by atoms with Crippen molar-refractivity contribution in [1.82, 2.24) is 9.62 Å². The van der Waals surface area contributed by atoms with Crippen LogP contribution < -0.4 is 5.32 Å². The van der Waals surface area contributed by atoms with Crippen LogP contribution in [0.25, 0.3) is 0 Å². The minimum absolute atomic E-state index is 0.102. The number of nitrogens with one attached hydrogen (secondary N) is 1. The molecule has 1 fully saturated rings. The summed E-state index contributed by atoms with van der Waals surface area (Å²) in [5.74, 6) is 0.558. The minimum atomic E-state index is -3.20. The molecule has 2 atom stereocenters. The normalized spacial score (nSPS) is 25.0. The second-order valence-corrected chi connectivity index (χ2v) is 7.93. The van der Waals surface area contributed by atoms with Crippen molar-refractivity contribution < 1.29 is 8.42 Å². The van der Waals surface area contributed by atoms with Crippen LogP contribution in [0.1, 0.15) is 31.9 Å². The van der Waals surface area contributed by atoms with Gasteiger partial charge in [0.1, 0.15) is 0 Å². The van der Waals surface area contributed by atoms with Gasteiger partial charge < -0.3 is 5.32 Å². The molecule has 0 bridgehead atoms. The van der Waals surface area contributed by atoms with Gasteiger partial charge in [-0.15, -0.1) is 0 Å². The van der Waals surface area contributed by atoms with Crippen molar-refractivity contribution in [1.29, 1.82) is 0 Å². The van der Waals surface area contributed by atoms with Crippen molar-refractivity contribution in [2.45, 2.75) is 32.4 Å². The number of nitrogens with zero attached hydrogens (tertiary/aromatic N) is 1. The van der Waals surface area contributed by atoms with Crippen molar-refractivity contribution in [2.75, 3.05) is 19.3 Å². The van der Waals surface area contributed by atoms with E-state index in [0.29, 0.717) is 19.0 Å². The SMILES string of the molecule is CC(C)CC1CN(S(C)(=O)=O)C(c2ccccc2)CN1. The highest BCUT2D eigenvalue weighted by Gasteiger charge is 2.34. The van der Waals surface area contributed by atoms with E-state index in [1.54, 1.807) is 4.31 Å². The van der Waals surface area contributed by atoms with Crippen LogP contribution in [0, 0.1) is 5.92 Å². The molecule has 0 saturated carbocycles. The molecule has 1 heterocycles. The maximum absolute atomic E-state index is 12.1. The van der Waals surface area contributed by atoms with Crippen LogP contribution in [0.5, 0.6) is 0 Å². The average Bonchev–Trinajstić information content (AvgIpc) is 2.38. The molecule has 4 nitrogen and oxygen atoms in total. The number of benzene rings is 1. The van der Waals surface area contributed by atoms with Gasteiger partial charge in [0, 0.05) is 19.1 Å². The highest BCUT2D eigenvalue weighted by molar-refractivity contribution is 7.88. The Hall–Kier alpha value is -0.910. The zero-order valence-corrected chi connectivity index (χ0v) is 13.2. The summed E-state index contributed by atoms with van der Waals surface area (Å²) >= 11 is 0. The van der Waals surface area contributed by atoms with Crippen LogP contribution in [0.2, 0.25) is 0 Å². The summed E-state index contributed by atoms with van der Waals surface area (Å²) in [6.45, 7) is 5.55. The molecule has 0 aromatic heterocycles. The molecule has 0 spiro atoms. The molecule has 2 unspecified atom stereocenters. The van der Waals surface area contributed by atoms with E-state index in [4.69, 9.17) is 0 Å². The van der Waals surface area contributed by atoms with Crippen molar-refractivity contribution >= 4 is 10.0 Å². The fraction of sp³-hybridized carbons (Fsp3) is 0.600. The van der Waals surface area contributed by atoms with E-state index in [0.717, 1.165) is 12.0 Å². The first-order valence-electron chi connectivity index (χ1n) is 7.13. The van der Waals surface area contributed by atoms with Crippen molar-refractivity contribution in [3.63, 3.8) is 0 Å². The van der Waals surface area contributed by atoms with E-state index in [2.05, 4.69) is 19.2 Å². The summed E-state index contributed by atoms with van der Waals surface area (Å²) in [5, 5.41) is 3.49. The van der Waals surface area contributed by atoms with Gasteiger partial charge in [0.15, 0.2) is 0 Å². The largest absolute Gasteiger partial charge is 0.311 e. The number of hydrogen-bond acceptors (Lipinski definition) is 3. The van der Waals surface area contributed by atoms with Crippen molar-refractivity contribution in [3.8, 4) is 0 Å². The van der Waals surface area contributed by atoms with Crippen LogP contribution >= 0.6 is 0 Å². The van der Waals surface area contributed by atoms with Crippen LogP contribution in [0.15, 0.2) is 30.3 Å². The molecular weight excluding hydrogens is 272 g/mol. The quantitative estimate of drug-likeness (QED) is 0.924. The van der Waals surface area contributed by atoms with Gasteiger partial charge in [0.25, 0.3) is 0 Å². The molecule has 1 aromatic rings. The van der Waals surface area contributed by atoms with Crippen LogP contribution in [0.3, 0.4) is 0 Å². The van der Waals surface area contributed by atoms with Gasteiger partial charge in [0.2, 0.25) is 10.0 Å². The minimum Gasteiger partial charge on any atom is -0.311 e. The lowest BCUT2D eigenvalue weighted by molar-refractivity contribution is 0.210. The fourth-order valence-corrected chi connectivity index (χ4v) is 3.95. The summed E-state index contributed by atoms with van der Waals surface area (Å²) in [6.07, 6.45) is 2.30. The second kappa shape index (κ2) is 6.24. The third kappa shape index (κ3) is 3.81. The number of piperazine rings is 1. The van der Waals surface area contributed by atoms with E-state index in [1.165, 1.54) is 6.26 Å². The number of hydrogen-bond donors (Lipinski definition) is 1. The number of rotatable bonds is 4. The van der Waals surface area contributed by atoms with Crippen molar-refractivity contribution in [2.24, 2.45) is 5.92 Å². The van der Waals surface area contributed by atoms with E-state index in [9.17, 15) is 8.42 Å². The standard InChI is InChI=1S/C15H24N2O2S/c1-12(2)9-14-11-17(20(3,18)19)15(10-16-14)13-7-5-4-6-8-13/h4-8,12,14-16H,9-11H2,1-3H3. The van der Waals surface area contributed by atoms with E-state index >= 15 is 0 Å². The first kappa shape index (κ1) is 15.5. The summed E-state index contributed by atoms with van der Waals surface area (Å²) < 4.78 is 25.8. The first-order valence-corrected chi connectivity index (χ1v) is 8.98. The van der Waals surface area contributed by atoms with Gasteiger partial charge in [-0.3, -0.25) is 0 Å². The molecular formula is C15H24N2O2S. The lowest BCUT2D eigenvalue weighted by atomic mass is 9.98. The van der Waals surface area contributed by atoms with Gasteiger partial charge in [-0.25, -0.2) is 8.42 Å². The predicted octanol–water partition coefficient (Wildman–Crippen LogP) is 2.01. The fourth-order valence-electron chi connectivity index (χ4n) is 2.84. The molecule has 5 heteroatoms. The Bertz CT molecular complexity index is 528. The molecule has 1 saturated heterocycles. The Morgan fingerprint density at radius 3 is 2.50 bits per heavy atom. The molecule has 0 aliphatic carbocycles. The third-order valence-corrected chi connectivity index (χ3v) is 4.97. The third-order valence-electron chi connectivity index (χ3n) is 3.71. The molecule has 20 heavy (non-hydrogen) atoms. The van der Waals surface area contributed by atoms with Crippen LogP contribution in [-0.4, -0.2) is 38.1 Å². The molecule has 112 valence electrons. The average molecular weight is 296 g/mol. The molecule has 1 aliphatic rings. The van der Waals surface area contributed by atoms with Gasteiger partial charge in [0.05, 0.1) is 12.3 Å². The Balaban J connectivity index is 2.21. The lowest BCUT2D eigenvalue weighted by Gasteiger charge is -2.39. The van der Waals surface area contributed by atoms with E-state index < -0.39 is 10.0 Å². The van der Waals surface area contributed by atoms with Gasteiger partial charge >= 0.3 is 0 Å². The highest BCUT2D eigenvalue weighted by atomic mass is 32.2. The summed E-state index contributed by atoms with van der Waals surface area (Å²) in [6, 6.07) is 9.98. The van der Waals surface area contributed by atoms with Gasteiger partial charge in [-0.05, 0) is 17.9 Å². The molecule has 2 rings (SSSR count). The zero-order valence-electron chi connectivity index (χ0n) is 12.4. The van der Waals surface area contributed by atoms with E-state index in [1.807, 2.05) is 30.3 Å². The predicted molar refractivity (Wildman–Crippen MR) is 82.0 cm³/mol. The zero-order chi connectivity index (χ0) is 14.8. The Labute approximate surface area is 122 Å². The van der Waals surface area contributed by atoms with Crippen LogP contribution in [-0.2, 0) is 10.0 Å². The van der Waals surface area contributed by atoms with Crippen LogP contribution in [0.4, 0.5) is 0 Å². The monoisotopic (exact) mass is 296 g/mol. The second-order valence-electron chi connectivity index (χ2n) is 5.99. The summed E-state index contributed by atoms with van der Waals surface area (Å²) in [5.41, 5.74) is 1.05.